The lowest BCUT2D eigenvalue weighted by Gasteiger charge is -2.48. The van der Waals surface area contributed by atoms with Gasteiger partial charge in [-0.2, -0.15) is 0 Å². The van der Waals surface area contributed by atoms with Gasteiger partial charge in [0.2, 0.25) is 0 Å². The third kappa shape index (κ3) is 3.01. The SMILES string of the molecule is CCCC[C@H]1C(CC)[C@@]2(C)CCCCC2CC[C@@H]1O. The van der Waals surface area contributed by atoms with Crippen LogP contribution in [0.4, 0.5) is 0 Å². The van der Waals surface area contributed by atoms with E-state index in [2.05, 4.69) is 20.8 Å². The minimum atomic E-state index is -0.0288. The van der Waals surface area contributed by atoms with Gasteiger partial charge in [0.05, 0.1) is 6.10 Å². The van der Waals surface area contributed by atoms with Crippen molar-refractivity contribution in [1.82, 2.24) is 0 Å². The highest BCUT2D eigenvalue weighted by Gasteiger charge is 2.48. The number of aliphatic hydroxyl groups is 1. The Morgan fingerprint density at radius 3 is 2.58 bits per heavy atom. The van der Waals surface area contributed by atoms with Gasteiger partial charge in [0.1, 0.15) is 0 Å². The molecule has 19 heavy (non-hydrogen) atoms. The fourth-order valence-corrected chi connectivity index (χ4v) is 5.34. The van der Waals surface area contributed by atoms with Crippen molar-refractivity contribution in [1.29, 1.82) is 0 Å². The number of fused-ring (bicyclic) bond motifs is 1. The fraction of sp³-hybridized carbons (Fsp3) is 1.00. The predicted molar refractivity (Wildman–Crippen MR) is 82.1 cm³/mol. The van der Waals surface area contributed by atoms with Crippen LogP contribution in [0.1, 0.15) is 85.0 Å². The van der Waals surface area contributed by atoms with Gasteiger partial charge in [0.15, 0.2) is 0 Å². The average Bonchev–Trinajstić information content (AvgIpc) is 2.51. The molecular weight excluding hydrogens is 232 g/mol. The standard InChI is InChI=1S/C18H34O/c1-4-6-10-15-16(5-2)18(3)13-8-7-9-14(18)11-12-17(15)19/h14-17,19H,4-13H2,1-3H3/t14?,15-,16?,17-,18-/m0/s1. The summed E-state index contributed by atoms with van der Waals surface area (Å²) in [6.07, 6.45) is 13.0. The van der Waals surface area contributed by atoms with E-state index in [4.69, 9.17) is 0 Å². The number of hydrogen-bond acceptors (Lipinski definition) is 1. The molecular formula is C18H34O. The monoisotopic (exact) mass is 266 g/mol. The molecule has 112 valence electrons. The molecule has 1 heteroatoms. The topological polar surface area (TPSA) is 20.2 Å². The van der Waals surface area contributed by atoms with Crippen LogP contribution in [0.25, 0.3) is 0 Å². The Morgan fingerprint density at radius 2 is 1.89 bits per heavy atom. The van der Waals surface area contributed by atoms with E-state index in [1.165, 1.54) is 57.8 Å². The highest BCUT2D eigenvalue weighted by molar-refractivity contribution is 4.98. The first-order valence-corrected chi connectivity index (χ1v) is 8.81. The molecule has 0 spiro atoms. The van der Waals surface area contributed by atoms with E-state index in [0.717, 1.165) is 18.3 Å². The average molecular weight is 266 g/mol. The Labute approximate surface area is 120 Å². The van der Waals surface area contributed by atoms with Gasteiger partial charge in [-0.25, -0.2) is 0 Å². The quantitative estimate of drug-likeness (QED) is 0.744. The van der Waals surface area contributed by atoms with Crippen molar-refractivity contribution in [2.75, 3.05) is 0 Å². The Kier molecular flexibility index (Phi) is 5.34. The molecule has 0 radical (unpaired) electrons. The maximum atomic E-state index is 10.6. The summed E-state index contributed by atoms with van der Waals surface area (Å²) in [4.78, 5) is 0. The first kappa shape index (κ1) is 15.4. The van der Waals surface area contributed by atoms with Crippen LogP contribution in [-0.2, 0) is 0 Å². The molecule has 0 heterocycles. The highest BCUT2D eigenvalue weighted by atomic mass is 16.3. The van der Waals surface area contributed by atoms with Crippen molar-refractivity contribution in [2.24, 2.45) is 23.2 Å². The number of unbranched alkanes of at least 4 members (excludes halogenated alkanes) is 1. The van der Waals surface area contributed by atoms with E-state index in [-0.39, 0.29) is 6.10 Å². The second-order valence-electron chi connectivity index (χ2n) is 7.41. The van der Waals surface area contributed by atoms with Gasteiger partial charge in [0, 0.05) is 0 Å². The molecule has 2 unspecified atom stereocenters. The normalized spacial score (nSPS) is 43.6. The number of rotatable bonds is 4. The lowest BCUT2D eigenvalue weighted by Crippen LogP contribution is -2.41. The molecule has 0 aromatic carbocycles. The third-order valence-electron chi connectivity index (χ3n) is 6.45. The van der Waals surface area contributed by atoms with Crippen LogP contribution in [0.5, 0.6) is 0 Å². The summed E-state index contributed by atoms with van der Waals surface area (Å²) in [6.45, 7) is 7.19. The molecule has 0 aliphatic heterocycles. The molecule has 2 fully saturated rings. The van der Waals surface area contributed by atoms with Crippen LogP contribution >= 0.6 is 0 Å². The van der Waals surface area contributed by atoms with Crippen molar-refractivity contribution < 1.29 is 5.11 Å². The summed E-state index contributed by atoms with van der Waals surface area (Å²) in [6, 6.07) is 0. The molecule has 1 N–H and O–H groups in total. The van der Waals surface area contributed by atoms with Crippen molar-refractivity contribution in [3.63, 3.8) is 0 Å². The lowest BCUT2D eigenvalue weighted by atomic mass is 9.57. The first-order chi connectivity index (χ1) is 9.13. The minimum absolute atomic E-state index is 0.0288. The van der Waals surface area contributed by atoms with E-state index >= 15 is 0 Å². The predicted octanol–water partition coefficient (Wildman–Crippen LogP) is 5.17. The van der Waals surface area contributed by atoms with Crippen LogP contribution in [0.15, 0.2) is 0 Å². The molecule has 2 saturated carbocycles. The second kappa shape index (κ2) is 6.61. The summed E-state index contributed by atoms with van der Waals surface area (Å²) in [5.41, 5.74) is 0.517. The largest absolute Gasteiger partial charge is 0.393 e. The summed E-state index contributed by atoms with van der Waals surface area (Å²) in [7, 11) is 0. The summed E-state index contributed by atoms with van der Waals surface area (Å²) in [5, 5.41) is 10.6. The zero-order chi connectivity index (χ0) is 13.9. The van der Waals surface area contributed by atoms with Crippen LogP contribution in [0.2, 0.25) is 0 Å². The number of aliphatic hydroxyl groups excluding tert-OH is 1. The Bertz CT molecular complexity index is 275. The molecule has 0 aromatic rings. The first-order valence-electron chi connectivity index (χ1n) is 8.81. The summed E-state index contributed by atoms with van der Waals surface area (Å²) >= 11 is 0. The molecule has 2 rings (SSSR count). The van der Waals surface area contributed by atoms with Gasteiger partial charge in [-0.3, -0.25) is 0 Å². The molecule has 0 saturated heterocycles. The van der Waals surface area contributed by atoms with Gasteiger partial charge in [-0.1, -0.05) is 52.9 Å². The van der Waals surface area contributed by atoms with Crippen LogP contribution in [0, 0.1) is 23.2 Å². The van der Waals surface area contributed by atoms with Gasteiger partial charge in [-0.05, 0) is 55.3 Å². The van der Waals surface area contributed by atoms with Gasteiger partial charge < -0.3 is 5.11 Å². The van der Waals surface area contributed by atoms with Gasteiger partial charge in [0.25, 0.3) is 0 Å². The summed E-state index contributed by atoms with van der Waals surface area (Å²) < 4.78 is 0. The second-order valence-corrected chi connectivity index (χ2v) is 7.41. The van der Waals surface area contributed by atoms with E-state index in [1.807, 2.05) is 0 Å². The smallest absolute Gasteiger partial charge is 0.0571 e. The van der Waals surface area contributed by atoms with E-state index in [0.29, 0.717) is 11.3 Å². The third-order valence-corrected chi connectivity index (χ3v) is 6.45. The van der Waals surface area contributed by atoms with E-state index < -0.39 is 0 Å². The van der Waals surface area contributed by atoms with Crippen molar-refractivity contribution in [3.05, 3.63) is 0 Å². The molecule has 0 bridgehead atoms. The van der Waals surface area contributed by atoms with Crippen molar-refractivity contribution in [3.8, 4) is 0 Å². The Morgan fingerprint density at radius 1 is 1.11 bits per heavy atom. The van der Waals surface area contributed by atoms with Crippen LogP contribution < -0.4 is 0 Å². The maximum absolute atomic E-state index is 10.6. The molecule has 2 aliphatic rings. The fourth-order valence-electron chi connectivity index (χ4n) is 5.34. The number of hydrogen-bond donors (Lipinski definition) is 1. The van der Waals surface area contributed by atoms with Gasteiger partial charge >= 0.3 is 0 Å². The van der Waals surface area contributed by atoms with E-state index in [1.54, 1.807) is 0 Å². The zero-order valence-electron chi connectivity index (χ0n) is 13.3. The highest BCUT2D eigenvalue weighted by Crippen LogP contribution is 2.55. The van der Waals surface area contributed by atoms with Crippen LogP contribution in [0.3, 0.4) is 0 Å². The van der Waals surface area contributed by atoms with Crippen molar-refractivity contribution in [2.45, 2.75) is 91.1 Å². The molecule has 1 nitrogen and oxygen atoms in total. The molecule has 0 amide bonds. The Hall–Kier alpha value is -0.0400. The van der Waals surface area contributed by atoms with Gasteiger partial charge in [-0.15, -0.1) is 0 Å². The maximum Gasteiger partial charge on any atom is 0.0571 e. The van der Waals surface area contributed by atoms with E-state index in [9.17, 15) is 5.11 Å². The molecule has 0 aromatic heterocycles. The zero-order valence-corrected chi connectivity index (χ0v) is 13.3. The molecule has 2 aliphatic carbocycles. The minimum Gasteiger partial charge on any atom is -0.393 e. The lowest BCUT2D eigenvalue weighted by molar-refractivity contribution is -0.0113. The Balaban J connectivity index is 2.22. The summed E-state index contributed by atoms with van der Waals surface area (Å²) in [5.74, 6) is 2.20. The molecule has 5 atom stereocenters. The van der Waals surface area contributed by atoms with Crippen molar-refractivity contribution >= 4 is 0 Å². The van der Waals surface area contributed by atoms with Crippen LogP contribution in [-0.4, -0.2) is 11.2 Å².